The number of hydrogen-bond acceptors (Lipinski definition) is 2. The second kappa shape index (κ2) is 4.84. The van der Waals surface area contributed by atoms with Crippen LogP contribution in [0.25, 0.3) is 0 Å². The Labute approximate surface area is 112 Å². The highest BCUT2D eigenvalue weighted by Gasteiger charge is 2.34. The fourth-order valence-corrected chi connectivity index (χ4v) is 3.13. The summed E-state index contributed by atoms with van der Waals surface area (Å²) in [5.74, 6) is -0.527. The Morgan fingerprint density at radius 3 is 2.74 bits per heavy atom. The summed E-state index contributed by atoms with van der Waals surface area (Å²) in [5, 5.41) is 9.99. The molecule has 1 aromatic rings. The standard InChI is InChI=1S/C15H19F2NO/c1-18(8-15(19)9-2-3-9)14-5-4-11-12(14)6-10(16)7-13(11)17/h6-7,9,14-15,19H,2-5,8H2,1H3. The van der Waals surface area contributed by atoms with Gasteiger partial charge in [-0.05, 0) is 55.8 Å². The van der Waals surface area contributed by atoms with Crippen molar-refractivity contribution in [2.45, 2.75) is 37.8 Å². The Morgan fingerprint density at radius 1 is 1.32 bits per heavy atom. The van der Waals surface area contributed by atoms with Crippen molar-refractivity contribution in [3.63, 3.8) is 0 Å². The molecule has 4 heteroatoms. The van der Waals surface area contributed by atoms with Crippen LogP contribution in [-0.2, 0) is 6.42 Å². The fraction of sp³-hybridized carbons (Fsp3) is 0.600. The van der Waals surface area contributed by atoms with Crippen LogP contribution in [0.2, 0.25) is 0 Å². The van der Waals surface area contributed by atoms with E-state index in [1.165, 1.54) is 6.07 Å². The van der Waals surface area contributed by atoms with Gasteiger partial charge in [0.15, 0.2) is 0 Å². The molecule has 1 N–H and O–H groups in total. The van der Waals surface area contributed by atoms with Gasteiger partial charge in [-0.15, -0.1) is 0 Å². The Bertz CT molecular complexity index is 487. The van der Waals surface area contributed by atoms with Gasteiger partial charge in [-0.2, -0.15) is 0 Å². The number of likely N-dealkylation sites (N-methyl/N-ethyl adjacent to an activating group) is 1. The highest BCUT2D eigenvalue weighted by atomic mass is 19.1. The Kier molecular flexibility index (Phi) is 3.31. The molecule has 0 saturated heterocycles. The molecule has 2 aliphatic carbocycles. The number of fused-ring (bicyclic) bond motifs is 1. The van der Waals surface area contributed by atoms with E-state index in [1.54, 1.807) is 0 Å². The van der Waals surface area contributed by atoms with E-state index >= 15 is 0 Å². The lowest BCUT2D eigenvalue weighted by Crippen LogP contribution is -2.32. The van der Waals surface area contributed by atoms with E-state index in [0.29, 0.717) is 24.4 Å². The highest BCUT2D eigenvalue weighted by Crippen LogP contribution is 2.38. The van der Waals surface area contributed by atoms with Crippen molar-refractivity contribution in [2.75, 3.05) is 13.6 Å². The summed E-state index contributed by atoms with van der Waals surface area (Å²) >= 11 is 0. The van der Waals surface area contributed by atoms with Crippen LogP contribution in [0.3, 0.4) is 0 Å². The number of aliphatic hydroxyl groups is 1. The molecule has 19 heavy (non-hydrogen) atoms. The van der Waals surface area contributed by atoms with Crippen molar-refractivity contribution < 1.29 is 13.9 Å². The summed E-state index contributed by atoms with van der Waals surface area (Å²) < 4.78 is 27.0. The molecule has 0 spiro atoms. The van der Waals surface area contributed by atoms with Crippen molar-refractivity contribution in [3.05, 3.63) is 34.9 Å². The van der Waals surface area contributed by atoms with Crippen molar-refractivity contribution in [1.29, 1.82) is 0 Å². The lowest BCUT2D eigenvalue weighted by atomic mass is 10.1. The fourth-order valence-electron chi connectivity index (χ4n) is 3.13. The number of rotatable bonds is 4. The molecule has 2 unspecified atom stereocenters. The normalized spacial score (nSPS) is 23.7. The molecule has 3 rings (SSSR count). The maximum absolute atomic E-state index is 13.7. The van der Waals surface area contributed by atoms with Crippen molar-refractivity contribution >= 4 is 0 Å². The van der Waals surface area contributed by atoms with Gasteiger partial charge >= 0.3 is 0 Å². The summed E-state index contributed by atoms with van der Waals surface area (Å²) in [6.45, 7) is 0.576. The number of hydrogen-bond donors (Lipinski definition) is 1. The van der Waals surface area contributed by atoms with Gasteiger partial charge < -0.3 is 5.11 Å². The van der Waals surface area contributed by atoms with Gasteiger partial charge in [0.05, 0.1) is 6.10 Å². The van der Waals surface area contributed by atoms with Crippen molar-refractivity contribution in [1.82, 2.24) is 4.90 Å². The third-order valence-electron chi connectivity index (χ3n) is 4.39. The lowest BCUT2D eigenvalue weighted by Gasteiger charge is -2.27. The zero-order chi connectivity index (χ0) is 13.6. The Hall–Kier alpha value is -1.00. The van der Waals surface area contributed by atoms with Crippen molar-refractivity contribution in [2.24, 2.45) is 5.92 Å². The molecule has 0 amide bonds. The maximum atomic E-state index is 13.7. The summed E-state index contributed by atoms with van der Waals surface area (Å²) in [6.07, 6.45) is 3.32. The first-order chi connectivity index (χ1) is 9.06. The first kappa shape index (κ1) is 13.0. The summed E-state index contributed by atoms with van der Waals surface area (Å²) in [7, 11) is 1.92. The predicted molar refractivity (Wildman–Crippen MR) is 68.8 cm³/mol. The van der Waals surface area contributed by atoms with Crippen LogP contribution in [0.15, 0.2) is 12.1 Å². The molecular formula is C15H19F2NO. The van der Waals surface area contributed by atoms with Gasteiger partial charge in [-0.3, -0.25) is 4.90 Å². The quantitative estimate of drug-likeness (QED) is 0.906. The van der Waals surface area contributed by atoms with Gasteiger partial charge in [0.1, 0.15) is 11.6 Å². The van der Waals surface area contributed by atoms with Crippen LogP contribution < -0.4 is 0 Å². The number of aliphatic hydroxyl groups excluding tert-OH is 1. The van der Waals surface area contributed by atoms with E-state index in [1.807, 2.05) is 11.9 Å². The van der Waals surface area contributed by atoms with E-state index in [4.69, 9.17) is 0 Å². The minimum Gasteiger partial charge on any atom is -0.392 e. The molecule has 0 aromatic heterocycles. The average Bonchev–Trinajstić information content (AvgIpc) is 3.09. The smallest absolute Gasteiger partial charge is 0.129 e. The first-order valence-corrected chi connectivity index (χ1v) is 6.92. The number of nitrogens with zero attached hydrogens (tertiary/aromatic N) is 1. The number of halogens is 2. The molecule has 2 aliphatic rings. The van der Waals surface area contributed by atoms with Gasteiger partial charge in [-0.25, -0.2) is 8.78 Å². The molecule has 1 saturated carbocycles. The molecule has 2 nitrogen and oxygen atoms in total. The minimum absolute atomic E-state index is 0.0219. The predicted octanol–water partition coefficient (Wildman–Crippen LogP) is 2.65. The molecule has 0 bridgehead atoms. The largest absolute Gasteiger partial charge is 0.392 e. The topological polar surface area (TPSA) is 23.5 Å². The van der Waals surface area contributed by atoms with Gasteiger partial charge in [0.25, 0.3) is 0 Å². The van der Waals surface area contributed by atoms with E-state index in [2.05, 4.69) is 0 Å². The molecule has 0 aliphatic heterocycles. The SMILES string of the molecule is CN(CC(O)C1CC1)C1CCc2c(F)cc(F)cc21. The average molecular weight is 267 g/mol. The van der Waals surface area contributed by atoms with Crippen LogP contribution in [0.1, 0.15) is 36.4 Å². The molecule has 104 valence electrons. The molecule has 1 aromatic carbocycles. The summed E-state index contributed by atoms with van der Waals surface area (Å²) in [4.78, 5) is 2.04. The van der Waals surface area contributed by atoms with Crippen LogP contribution in [0.4, 0.5) is 8.78 Å². The third kappa shape index (κ3) is 2.51. The maximum Gasteiger partial charge on any atom is 0.129 e. The van der Waals surface area contributed by atoms with Gasteiger partial charge in [-0.1, -0.05) is 0 Å². The lowest BCUT2D eigenvalue weighted by molar-refractivity contribution is 0.0876. The highest BCUT2D eigenvalue weighted by molar-refractivity contribution is 5.36. The molecular weight excluding hydrogens is 248 g/mol. The second-order valence-electron chi connectivity index (χ2n) is 5.85. The van der Waals surface area contributed by atoms with Crippen LogP contribution in [-0.4, -0.2) is 29.7 Å². The Balaban J connectivity index is 1.77. The molecule has 2 atom stereocenters. The second-order valence-corrected chi connectivity index (χ2v) is 5.85. The van der Waals surface area contributed by atoms with Crippen LogP contribution in [0.5, 0.6) is 0 Å². The first-order valence-electron chi connectivity index (χ1n) is 6.92. The van der Waals surface area contributed by atoms with E-state index in [-0.39, 0.29) is 12.1 Å². The monoisotopic (exact) mass is 267 g/mol. The van der Waals surface area contributed by atoms with Crippen LogP contribution in [0, 0.1) is 17.6 Å². The van der Waals surface area contributed by atoms with Crippen LogP contribution >= 0.6 is 0 Å². The zero-order valence-electron chi connectivity index (χ0n) is 11.1. The van der Waals surface area contributed by atoms with E-state index in [9.17, 15) is 13.9 Å². The molecule has 0 radical (unpaired) electrons. The zero-order valence-corrected chi connectivity index (χ0v) is 11.1. The summed E-state index contributed by atoms with van der Waals surface area (Å²) in [5.41, 5.74) is 1.39. The molecule has 1 fully saturated rings. The van der Waals surface area contributed by atoms with E-state index in [0.717, 1.165) is 30.9 Å². The number of benzene rings is 1. The van der Waals surface area contributed by atoms with Crippen molar-refractivity contribution in [3.8, 4) is 0 Å². The summed E-state index contributed by atoms with van der Waals surface area (Å²) in [6, 6.07) is 2.42. The third-order valence-corrected chi connectivity index (χ3v) is 4.39. The van der Waals surface area contributed by atoms with Gasteiger partial charge in [0, 0.05) is 18.7 Å². The molecule has 0 heterocycles. The van der Waals surface area contributed by atoms with Gasteiger partial charge in [0.2, 0.25) is 0 Å². The Morgan fingerprint density at radius 2 is 2.05 bits per heavy atom. The van der Waals surface area contributed by atoms with E-state index < -0.39 is 11.6 Å². The minimum atomic E-state index is -0.515.